The van der Waals surface area contributed by atoms with Crippen molar-refractivity contribution < 1.29 is 14.5 Å². The second kappa shape index (κ2) is 7.82. The average molecular weight is 360 g/mol. The number of carbonyl (C=O) groups is 2. The van der Waals surface area contributed by atoms with E-state index in [4.69, 9.17) is 5.73 Å². The summed E-state index contributed by atoms with van der Waals surface area (Å²) in [5, 5.41) is 11.0. The van der Waals surface area contributed by atoms with Crippen LogP contribution in [0.3, 0.4) is 0 Å². The molecule has 0 saturated carbocycles. The molecule has 2 heterocycles. The van der Waals surface area contributed by atoms with Gasteiger partial charge in [0.25, 0.3) is 5.69 Å². The lowest BCUT2D eigenvalue weighted by Gasteiger charge is -2.35. The van der Waals surface area contributed by atoms with Crippen LogP contribution >= 0.6 is 0 Å². The number of anilines is 1. The molecule has 2 N–H and O–H groups in total. The summed E-state index contributed by atoms with van der Waals surface area (Å²) in [5.41, 5.74) is 5.81. The zero-order chi connectivity index (χ0) is 18.7. The van der Waals surface area contributed by atoms with Gasteiger partial charge in [-0.2, -0.15) is 0 Å². The van der Waals surface area contributed by atoms with Gasteiger partial charge < -0.3 is 10.6 Å². The molecule has 8 nitrogen and oxygen atoms in total. The molecule has 1 aromatic rings. The number of amides is 2. The summed E-state index contributed by atoms with van der Waals surface area (Å²) in [6.45, 7) is 2.23. The number of hydrogen-bond acceptors (Lipinski definition) is 5. The van der Waals surface area contributed by atoms with Crippen molar-refractivity contribution in [1.29, 1.82) is 0 Å². The van der Waals surface area contributed by atoms with Crippen LogP contribution in [-0.2, 0) is 9.59 Å². The van der Waals surface area contributed by atoms with Crippen LogP contribution in [0.2, 0.25) is 0 Å². The molecule has 3 rings (SSSR count). The number of nitro groups is 1. The predicted octanol–water partition coefficient (Wildman–Crippen LogP) is 1.68. The molecule has 0 radical (unpaired) electrons. The summed E-state index contributed by atoms with van der Waals surface area (Å²) in [6.07, 6.45) is 3.92. The molecule has 2 aliphatic rings. The molecule has 0 aliphatic carbocycles. The van der Waals surface area contributed by atoms with E-state index in [9.17, 15) is 19.7 Å². The standard InChI is InChI=1S/C18H24N4O4/c19-17(23)7-6-13-3-2-9-20(12-13)16-8-10-21(18(16)24)14-4-1-5-15(11-14)22(25)26/h1,4-5,11,13,16H,2-3,6-10,12H2,(H2,19,23). The fraction of sp³-hybridized carbons (Fsp3) is 0.556. The third-order valence-corrected chi connectivity index (χ3v) is 5.32. The van der Waals surface area contributed by atoms with Gasteiger partial charge in [-0.3, -0.25) is 24.6 Å². The number of carbonyl (C=O) groups excluding carboxylic acids is 2. The van der Waals surface area contributed by atoms with Crippen LogP contribution < -0.4 is 10.6 Å². The number of benzene rings is 1. The number of piperidine rings is 1. The lowest BCUT2D eigenvalue weighted by molar-refractivity contribution is -0.384. The van der Waals surface area contributed by atoms with E-state index in [0.717, 1.165) is 32.4 Å². The van der Waals surface area contributed by atoms with Gasteiger partial charge in [-0.15, -0.1) is 0 Å². The Morgan fingerprint density at radius 2 is 2.12 bits per heavy atom. The average Bonchev–Trinajstić information content (AvgIpc) is 3.02. The highest BCUT2D eigenvalue weighted by Crippen LogP contribution is 2.30. The van der Waals surface area contributed by atoms with Crippen molar-refractivity contribution in [1.82, 2.24) is 4.90 Å². The quantitative estimate of drug-likeness (QED) is 0.613. The number of nitrogens with zero attached hydrogens (tertiary/aromatic N) is 3. The number of nitrogens with two attached hydrogens (primary N) is 1. The highest BCUT2D eigenvalue weighted by atomic mass is 16.6. The molecule has 2 aliphatic heterocycles. The fourth-order valence-corrected chi connectivity index (χ4v) is 4.00. The van der Waals surface area contributed by atoms with Crippen LogP contribution in [0.15, 0.2) is 24.3 Å². The Labute approximate surface area is 152 Å². The van der Waals surface area contributed by atoms with E-state index in [0.29, 0.717) is 31.0 Å². The molecule has 26 heavy (non-hydrogen) atoms. The summed E-state index contributed by atoms with van der Waals surface area (Å²) < 4.78 is 0. The first-order valence-electron chi connectivity index (χ1n) is 9.04. The van der Waals surface area contributed by atoms with Crippen molar-refractivity contribution in [3.05, 3.63) is 34.4 Å². The minimum Gasteiger partial charge on any atom is -0.370 e. The van der Waals surface area contributed by atoms with Gasteiger partial charge >= 0.3 is 0 Å². The molecule has 0 spiro atoms. The smallest absolute Gasteiger partial charge is 0.271 e. The van der Waals surface area contributed by atoms with Gasteiger partial charge in [-0.05, 0) is 44.2 Å². The Hall–Kier alpha value is -2.48. The van der Waals surface area contributed by atoms with E-state index >= 15 is 0 Å². The summed E-state index contributed by atoms with van der Waals surface area (Å²) in [7, 11) is 0. The Morgan fingerprint density at radius 3 is 2.85 bits per heavy atom. The van der Waals surface area contributed by atoms with Crippen molar-refractivity contribution in [3.8, 4) is 0 Å². The number of primary amides is 1. The molecule has 1 aromatic carbocycles. The van der Waals surface area contributed by atoms with Gasteiger partial charge in [-0.25, -0.2) is 0 Å². The lowest BCUT2D eigenvalue weighted by Crippen LogP contribution is -2.47. The van der Waals surface area contributed by atoms with Crippen LogP contribution in [-0.4, -0.2) is 47.3 Å². The number of hydrogen-bond donors (Lipinski definition) is 1. The van der Waals surface area contributed by atoms with Crippen molar-refractivity contribution in [2.45, 2.75) is 38.1 Å². The lowest BCUT2D eigenvalue weighted by atomic mass is 9.92. The summed E-state index contributed by atoms with van der Waals surface area (Å²) in [5.74, 6) is 0.105. The Bertz CT molecular complexity index is 708. The molecule has 2 unspecified atom stereocenters. The second-order valence-corrected chi connectivity index (χ2v) is 7.08. The van der Waals surface area contributed by atoms with E-state index in [1.165, 1.54) is 12.1 Å². The SMILES string of the molecule is NC(=O)CCC1CCCN(C2CCN(c3cccc([N+](=O)[O-])c3)C2=O)C1. The van der Waals surface area contributed by atoms with Gasteiger partial charge in [0.1, 0.15) is 0 Å². The second-order valence-electron chi connectivity index (χ2n) is 7.08. The largest absolute Gasteiger partial charge is 0.370 e. The van der Waals surface area contributed by atoms with Crippen molar-refractivity contribution >= 4 is 23.2 Å². The first-order valence-corrected chi connectivity index (χ1v) is 9.04. The highest BCUT2D eigenvalue weighted by molar-refractivity contribution is 5.99. The molecule has 2 saturated heterocycles. The number of likely N-dealkylation sites (tertiary alicyclic amines) is 1. The molecule has 0 aromatic heterocycles. The van der Waals surface area contributed by atoms with Crippen LogP contribution in [0.25, 0.3) is 0 Å². The van der Waals surface area contributed by atoms with Crippen LogP contribution in [0.1, 0.15) is 32.1 Å². The predicted molar refractivity (Wildman–Crippen MR) is 96.6 cm³/mol. The molecular formula is C18H24N4O4. The molecule has 140 valence electrons. The fourth-order valence-electron chi connectivity index (χ4n) is 4.00. The topological polar surface area (TPSA) is 110 Å². The normalized spacial score (nSPS) is 24.0. The summed E-state index contributed by atoms with van der Waals surface area (Å²) in [4.78, 5) is 38.3. The third-order valence-electron chi connectivity index (χ3n) is 5.32. The molecular weight excluding hydrogens is 336 g/mol. The van der Waals surface area contributed by atoms with Crippen molar-refractivity contribution in [3.63, 3.8) is 0 Å². The van der Waals surface area contributed by atoms with E-state index in [-0.39, 0.29) is 23.5 Å². The Morgan fingerprint density at radius 1 is 1.31 bits per heavy atom. The first-order chi connectivity index (χ1) is 12.5. The molecule has 0 bridgehead atoms. The van der Waals surface area contributed by atoms with E-state index in [1.807, 2.05) is 0 Å². The highest BCUT2D eigenvalue weighted by Gasteiger charge is 2.38. The first kappa shape index (κ1) is 18.3. The van der Waals surface area contributed by atoms with Crippen molar-refractivity contribution in [2.75, 3.05) is 24.5 Å². The van der Waals surface area contributed by atoms with Gasteiger partial charge in [0.05, 0.1) is 16.7 Å². The minimum absolute atomic E-state index is 0.000971. The monoisotopic (exact) mass is 360 g/mol. The molecule has 2 amide bonds. The number of nitro benzene ring substituents is 1. The van der Waals surface area contributed by atoms with Crippen LogP contribution in [0.4, 0.5) is 11.4 Å². The maximum Gasteiger partial charge on any atom is 0.271 e. The van der Waals surface area contributed by atoms with Gasteiger partial charge in [0.15, 0.2) is 0 Å². The van der Waals surface area contributed by atoms with Crippen LogP contribution in [0.5, 0.6) is 0 Å². The van der Waals surface area contributed by atoms with Crippen molar-refractivity contribution in [2.24, 2.45) is 11.7 Å². The third kappa shape index (κ3) is 4.01. The molecule has 2 fully saturated rings. The Kier molecular flexibility index (Phi) is 5.51. The van der Waals surface area contributed by atoms with Gasteiger partial charge in [-0.1, -0.05) is 6.07 Å². The zero-order valence-corrected chi connectivity index (χ0v) is 14.7. The summed E-state index contributed by atoms with van der Waals surface area (Å²) in [6, 6.07) is 6.03. The number of non-ortho nitro benzene ring substituents is 1. The minimum atomic E-state index is -0.449. The maximum absolute atomic E-state index is 12.9. The van der Waals surface area contributed by atoms with Crippen LogP contribution in [0, 0.1) is 16.0 Å². The maximum atomic E-state index is 12.9. The van der Waals surface area contributed by atoms with E-state index < -0.39 is 4.92 Å². The molecule has 2 atom stereocenters. The van der Waals surface area contributed by atoms with Gasteiger partial charge in [0.2, 0.25) is 11.8 Å². The van der Waals surface area contributed by atoms with E-state index in [1.54, 1.807) is 17.0 Å². The van der Waals surface area contributed by atoms with E-state index in [2.05, 4.69) is 4.90 Å². The summed E-state index contributed by atoms with van der Waals surface area (Å²) >= 11 is 0. The molecule has 8 heteroatoms. The Balaban J connectivity index is 1.66. The number of rotatable bonds is 6. The zero-order valence-electron chi connectivity index (χ0n) is 14.7. The van der Waals surface area contributed by atoms with Gasteiger partial charge in [0, 0.05) is 31.6 Å².